The van der Waals surface area contributed by atoms with Gasteiger partial charge in [0.05, 0.1) is 12.8 Å². The number of methoxy groups -OCH3 is 1. The molecular weight excluding hydrogens is 372 g/mol. The summed E-state index contributed by atoms with van der Waals surface area (Å²) in [5, 5.41) is 13.3. The summed E-state index contributed by atoms with van der Waals surface area (Å²) in [6, 6.07) is 7.33. The Morgan fingerprint density at radius 2 is 1.90 bits per heavy atom. The van der Waals surface area contributed by atoms with E-state index in [9.17, 15) is 14.7 Å². The predicted molar refractivity (Wildman–Crippen MR) is 110 cm³/mol. The monoisotopic (exact) mass is 398 g/mol. The number of amides is 1. The first-order chi connectivity index (χ1) is 14.0. The number of nitrogens with zero attached hydrogens (tertiary/aromatic N) is 1. The molecule has 0 radical (unpaired) electrons. The Morgan fingerprint density at radius 1 is 1.21 bits per heavy atom. The topological polar surface area (TPSA) is 97.2 Å². The SMILES string of the molecule is COC(=O)C1=C(O)/C(=C/c2ccc(OCC(=O)NC3CCCCC3)cc2)N=C1C. The molecule has 0 spiro atoms. The highest BCUT2D eigenvalue weighted by Gasteiger charge is 2.27. The molecule has 154 valence electrons. The number of aliphatic hydroxyl groups is 1. The molecule has 0 aromatic heterocycles. The van der Waals surface area contributed by atoms with Crippen molar-refractivity contribution in [2.45, 2.75) is 45.1 Å². The molecule has 0 unspecified atom stereocenters. The zero-order chi connectivity index (χ0) is 20.8. The van der Waals surface area contributed by atoms with E-state index in [1.165, 1.54) is 13.5 Å². The van der Waals surface area contributed by atoms with Crippen LogP contribution in [0.2, 0.25) is 0 Å². The van der Waals surface area contributed by atoms with Gasteiger partial charge in [0.15, 0.2) is 12.4 Å². The number of carbonyl (C=O) groups excluding carboxylic acids is 2. The van der Waals surface area contributed by atoms with Crippen LogP contribution in [0.25, 0.3) is 6.08 Å². The van der Waals surface area contributed by atoms with Crippen molar-refractivity contribution in [3.8, 4) is 5.75 Å². The van der Waals surface area contributed by atoms with Crippen LogP contribution >= 0.6 is 0 Å². The lowest BCUT2D eigenvalue weighted by Crippen LogP contribution is -2.38. The average molecular weight is 398 g/mol. The van der Waals surface area contributed by atoms with Crippen molar-refractivity contribution in [2.75, 3.05) is 13.7 Å². The summed E-state index contributed by atoms with van der Waals surface area (Å²) in [6.45, 7) is 1.62. The van der Waals surface area contributed by atoms with Gasteiger partial charge in [-0.05, 0) is 43.5 Å². The summed E-state index contributed by atoms with van der Waals surface area (Å²) in [5.41, 5.74) is 1.55. The Labute approximate surface area is 170 Å². The van der Waals surface area contributed by atoms with Gasteiger partial charge in [0.2, 0.25) is 0 Å². The van der Waals surface area contributed by atoms with Gasteiger partial charge in [-0.3, -0.25) is 4.79 Å². The van der Waals surface area contributed by atoms with Crippen LogP contribution in [0.5, 0.6) is 5.75 Å². The molecule has 2 N–H and O–H groups in total. The highest BCUT2D eigenvalue weighted by Crippen LogP contribution is 2.26. The minimum Gasteiger partial charge on any atom is -0.505 e. The number of hydrogen-bond donors (Lipinski definition) is 2. The molecular formula is C22H26N2O5. The Balaban J connectivity index is 1.58. The summed E-state index contributed by atoms with van der Waals surface area (Å²) in [7, 11) is 1.26. The van der Waals surface area contributed by atoms with Crippen LogP contribution in [0.3, 0.4) is 0 Å². The van der Waals surface area contributed by atoms with Gasteiger partial charge in [-0.25, -0.2) is 9.79 Å². The van der Waals surface area contributed by atoms with E-state index in [0.29, 0.717) is 17.2 Å². The smallest absolute Gasteiger partial charge is 0.343 e. The fourth-order valence-electron chi connectivity index (χ4n) is 3.52. The maximum Gasteiger partial charge on any atom is 0.343 e. The molecule has 29 heavy (non-hydrogen) atoms. The number of benzene rings is 1. The molecule has 7 heteroatoms. The molecule has 1 aliphatic carbocycles. The van der Waals surface area contributed by atoms with Crippen molar-refractivity contribution in [2.24, 2.45) is 4.99 Å². The van der Waals surface area contributed by atoms with E-state index in [4.69, 9.17) is 4.74 Å². The molecule has 1 aliphatic heterocycles. The van der Waals surface area contributed by atoms with Crippen LogP contribution in [0.1, 0.15) is 44.6 Å². The largest absolute Gasteiger partial charge is 0.505 e. The molecule has 2 aliphatic rings. The minimum absolute atomic E-state index is 0.0214. The second kappa shape index (κ2) is 9.41. The van der Waals surface area contributed by atoms with Gasteiger partial charge in [-0.15, -0.1) is 0 Å². The van der Waals surface area contributed by atoms with E-state index >= 15 is 0 Å². The Morgan fingerprint density at radius 3 is 2.55 bits per heavy atom. The zero-order valence-corrected chi connectivity index (χ0v) is 16.7. The predicted octanol–water partition coefficient (Wildman–Crippen LogP) is 3.31. The molecule has 1 amide bonds. The summed E-state index contributed by atoms with van der Waals surface area (Å²) < 4.78 is 10.2. The third-order valence-corrected chi connectivity index (χ3v) is 5.04. The normalized spacial score (nSPS) is 18.6. The number of ether oxygens (including phenoxy) is 2. The number of nitrogens with one attached hydrogen (secondary N) is 1. The van der Waals surface area contributed by atoms with Crippen molar-refractivity contribution in [3.05, 3.63) is 46.9 Å². The molecule has 0 saturated heterocycles. The van der Waals surface area contributed by atoms with E-state index < -0.39 is 5.97 Å². The molecule has 0 bridgehead atoms. The first-order valence-corrected chi connectivity index (χ1v) is 9.79. The van der Waals surface area contributed by atoms with Crippen LogP contribution in [0, 0.1) is 0 Å². The minimum atomic E-state index is -0.623. The van der Waals surface area contributed by atoms with Crippen LogP contribution in [0.15, 0.2) is 46.3 Å². The molecule has 1 saturated carbocycles. The zero-order valence-electron chi connectivity index (χ0n) is 16.7. The van der Waals surface area contributed by atoms with E-state index in [1.807, 2.05) is 0 Å². The first-order valence-electron chi connectivity index (χ1n) is 9.79. The summed E-state index contributed by atoms with van der Waals surface area (Å²) in [4.78, 5) is 28.0. The first kappa shape index (κ1) is 20.6. The number of aliphatic hydroxyl groups excluding tert-OH is 1. The van der Waals surface area contributed by atoms with Crippen molar-refractivity contribution in [1.82, 2.24) is 5.32 Å². The highest BCUT2D eigenvalue weighted by molar-refractivity contribution is 6.21. The maximum atomic E-state index is 12.0. The number of rotatable bonds is 6. The van der Waals surface area contributed by atoms with E-state index in [2.05, 4.69) is 15.0 Å². The maximum absolute atomic E-state index is 12.0. The number of aliphatic imine (C=N–C) groups is 1. The molecule has 3 rings (SSSR count). The molecule has 1 fully saturated rings. The van der Waals surface area contributed by atoms with Crippen LogP contribution in [-0.4, -0.2) is 42.5 Å². The lowest BCUT2D eigenvalue weighted by molar-refractivity contribution is -0.135. The second-order valence-electron chi connectivity index (χ2n) is 7.20. The van der Waals surface area contributed by atoms with Gasteiger partial charge in [0.25, 0.3) is 5.91 Å². The third kappa shape index (κ3) is 5.25. The van der Waals surface area contributed by atoms with Crippen molar-refractivity contribution in [1.29, 1.82) is 0 Å². The van der Waals surface area contributed by atoms with Gasteiger partial charge in [-0.2, -0.15) is 0 Å². The van der Waals surface area contributed by atoms with Crippen molar-refractivity contribution >= 4 is 23.7 Å². The fourth-order valence-corrected chi connectivity index (χ4v) is 3.52. The van der Waals surface area contributed by atoms with Gasteiger partial charge in [0.1, 0.15) is 17.0 Å². The molecule has 1 aromatic rings. The van der Waals surface area contributed by atoms with E-state index in [0.717, 1.165) is 31.2 Å². The van der Waals surface area contributed by atoms with Crippen LogP contribution in [-0.2, 0) is 14.3 Å². The number of hydrogen-bond acceptors (Lipinski definition) is 6. The van der Waals surface area contributed by atoms with Gasteiger partial charge >= 0.3 is 5.97 Å². The average Bonchev–Trinajstić information content (AvgIpc) is 3.00. The van der Waals surface area contributed by atoms with Gasteiger partial charge < -0.3 is 19.9 Å². The van der Waals surface area contributed by atoms with Gasteiger partial charge in [0, 0.05) is 6.04 Å². The standard InChI is InChI=1S/C22H26N2O5/c1-14-20(22(27)28-2)21(26)18(23-14)12-15-8-10-17(11-9-15)29-13-19(25)24-16-6-4-3-5-7-16/h8-12,16,26H,3-7,13H2,1-2H3,(H,24,25)/b18-12-. The number of carbonyl (C=O) groups is 2. The van der Waals surface area contributed by atoms with Crippen molar-refractivity contribution in [3.63, 3.8) is 0 Å². The Bertz CT molecular complexity index is 862. The van der Waals surface area contributed by atoms with Crippen LogP contribution < -0.4 is 10.1 Å². The fraction of sp³-hybridized carbons (Fsp3) is 0.409. The second-order valence-corrected chi connectivity index (χ2v) is 7.20. The van der Waals surface area contributed by atoms with E-state index in [-0.39, 0.29) is 29.9 Å². The Hall–Kier alpha value is -3.09. The third-order valence-electron chi connectivity index (χ3n) is 5.04. The lowest BCUT2D eigenvalue weighted by atomic mass is 9.95. The molecule has 1 aromatic carbocycles. The summed E-state index contributed by atoms with van der Waals surface area (Å²) in [6.07, 6.45) is 7.31. The van der Waals surface area contributed by atoms with Crippen LogP contribution in [0.4, 0.5) is 0 Å². The molecule has 1 heterocycles. The number of esters is 1. The Kier molecular flexibility index (Phi) is 6.69. The lowest BCUT2D eigenvalue weighted by Gasteiger charge is -2.22. The highest BCUT2D eigenvalue weighted by atomic mass is 16.5. The molecule has 7 nitrogen and oxygen atoms in total. The van der Waals surface area contributed by atoms with Gasteiger partial charge in [-0.1, -0.05) is 31.4 Å². The quantitative estimate of drug-likeness (QED) is 0.717. The summed E-state index contributed by atoms with van der Waals surface area (Å²) in [5.74, 6) is -0.354. The molecule has 0 atom stereocenters. The van der Waals surface area contributed by atoms with E-state index in [1.54, 1.807) is 37.3 Å². The summed E-state index contributed by atoms with van der Waals surface area (Å²) >= 11 is 0. The van der Waals surface area contributed by atoms with Crippen molar-refractivity contribution < 1.29 is 24.2 Å².